The van der Waals surface area contributed by atoms with Gasteiger partial charge in [0.2, 0.25) is 5.91 Å². The van der Waals surface area contributed by atoms with Gasteiger partial charge in [0, 0.05) is 13.6 Å². The zero-order valence-electron chi connectivity index (χ0n) is 14.1. The normalized spacial score (nSPS) is 16.4. The van der Waals surface area contributed by atoms with Crippen LogP contribution in [0.15, 0.2) is 18.2 Å². The number of anilines is 1. The van der Waals surface area contributed by atoms with E-state index in [1.54, 1.807) is 18.9 Å². The first-order chi connectivity index (χ1) is 11.3. The van der Waals surface area contributed by atoms with E-state index in [1.807, 2.05) is 6.92 Å². The maximum atomic E-state index is 12.4. The second-order valence-electron chi connectivity index (χ2n) is 5.84. The highest BCUT2D eigenvalue weighted by Gasteiger charge is 2.33. The number of carboxylic acids is 1. The summed E-state index contributed by atoms with van der Waals surface area (Å²) in [7, 11) is 1.71. The molecule has 0 saturated heterocycles. The molecular formula is C17H22N2O5. The van der Waals surface area contributed by atoms with E-state index in [0.717, 1.165) is 12.8 Å². The number of ether oxygens (including phenoxy) is 1. The molecule has 1 N–H and O–H groups in total. The lowest BCUT2D eigenvalue weighted by atomic mass is 10.1. The Morgan fingerprint density at radius 2 is 2.08 bits per heavy atom. The molecule has 2 amide bonds. The zero-order valence-corrected chi connectivity index (χ0v) is 14.1. The van der Waals surface area contributed by atoms with Crippen molar-refractivity contribution in [2.45, 2.75) is 32.8 Å². The Bertz CT molecular complexity index is 658. The first-order valence-electron chi connectivity index (χ1n) is 7.94. The SMILES string of the molecule is CCCCN(C)C(=O)CN1C(=O)C(C)Oc2cc(C(=O)O)ccc21. The van der Waals surface area contributed by atoms with Crippen LogP contribution in [0.1, 0.15) is 37.0 Å². The highest BCUT2D eigenvalue weighted by atomic mass is 16.5. The lowest BCUT2D eigenvalue weighted by Crippen LogP contribution is -2.49. The third-order valence-electron chi connectivity index (χ3n) is 3.98. The number of benzene rings is 1. The second kappa shape index (κ2) is 7.33. The number of rotatable bonds is 6. The van der Waals surface area contributed by atoms with Gasteiger partial charge in [-0.2, -0.15) is 0 Å². The van der Waals surface area contributed by atoms with E-state index in [9.17, 15) is 14.4 Å². The molecule has 1 aromatic rings. The van der Waals surface area contributed by atoms with E-state index in [2.05, 4.69) is 0 Å². The van der Waals surface area contributed by atoms with Crippen molar-refractivity contribution >= 4 is 23.5 Å². The fraction of sp³-hybridized carbons (Fsp3) is 0.471. The predicted molar refractivity (Wildman–Crippen MR) is 88.4 cm³/mol. The number of unbranched alkanes of at least 4 members (excludes halogenated alkanes) is 1. The van der Waals surface area contributed by atoms with E-state index in [-0.39, 0.29) is 23.9 Å². The Morgan fingerprint density at radius 1 is 1.38 bits per heavy atom. The molecule has 1 aliphatic rings. The molecule has 130 valence electrons. The first kappa shape index (κ1) is 17.8. The number of hydrogen-bond acceptors (Lipinski definition) is 4. The molecule has 1 heterocycles. The van der Waals surface area contributed by atoms with Gasteiger partial charge in [-0.25, -0.2) is 4.79 Å². The molecule has 1 atom stereocenters. The van der Waals surface area contributed by atoms with E-state index >= 15 is 0 Å². The van der Waals surface area contributed by atoms with Crippen molar-refractivity contribution in [1.82, 2.24) is 4.90 Å². The topological polar surface area (TPSA) is 87.2 Å². The summed E-state index contributed by atoms with van der Waals surface area (Å²) < 4.78 is 5.49. The largest absolute Gasteiger partial charge is 0.479 e. The fourth-order valence-corrected chi connectivity index (χ4v) is 2.48. The third kappa shape index (κ3) is 3.67. The maximum Gasteiger partial charge on any atom is 0.335 e. The van der Waals surface area contributed by atoms with Crippen LogP contribution in [0.25, 0.3) is 0 Å². The Hall–Kier alpha value is -2.57. The van der Waals surface area contributed by atoms with Crippen molar-refractivity contribution in [3.05, 3.63) is 23.8 Å². The van der Waals surface area contributed by atoms with Crippen LogP contribution in [0.2, 0.25) is 0 Å². The van der Waals surface area contributed by atoms with Crippen LogP contribution < -0.4 is 9.64 Å². The standard InChI is InChI=1S/C17H22N2O5/c1-4-5-8-18(3)15(20)10-19-13-7-6-12(17(22)23)9-14(13)24-11(2)16(19)21/h6-7,9,11H,4-5,8,10H2,1-3H3,(H,22,23). The van der Waals surface area contributed by atoms with Gasteiger partial charge in [0.25, 0.3) is 5.91 Å². The van der Waals surface area contributed by atoms with Gasteiger partial charge in [0.15, 0.2) is 6.10 Å². The molecule has 0 radical (unpaired) electrons. The Balaban J connectivity index is 2.25. The quantitative estimate of drug-likeness (QED) is 0.856. The number of carbonyl (C=O) groups is 3. The number of likely N-dealkylation sites (N-methyl/N-ethyl adjacent to an activating group) is 1. The van der Waals surface area contributed by atoms with Gasteiger partial charge in [-0.15, -0.1) is 0 Å². The lowest BCUT2D eigenvalue weighted by Gasteiger charge is -2.33. The summed E-state index contributed by atoms with van der Waals surface area (Å²) in [6.07, 6.45) is 1.11. The van der Waals surface area contributed by atoms with Crippen molar-refractivity contribution in [3.63, 3.8) is 0 Å². The van der Waals surface area contributed by atoms with Crippen LogP contribution >= 0.6 is 0 Å². The molecule has 0 saturated carbocycles. The predicted octanol–water partition coefficient (Wildman–Crippen LogP) is 1.76. The second-order valence-corrected chi connectivity index (χ2v) is 5.84. The average molecular weight is 334 g/mol. The summed E-state index contributed by atoms with van der Waals surface area (Å²) >= 11 is 0. The van der Waals surface area contributed by atoms with Crippen molar-refractivity contribution < 1.29 is 24.2 Å². The number of aromatic carboxylic acids is 1. The van der Waals surface area contributed by atoms with Crippen molar-refractivity contribution in [3.8, 4) is 5.75 Å². The molecule has 1 aromatic carbocycles. The highest BCUT2D eigenvalue weighted by molar-refractivity contribution is 6.04. The van der Waals surface area contributed by atoms with Gasteiger partial charge in [0.1, 0.15) is 12.3 Å². The Labute approximate surface area is 140 Å². The zero-order chi connectivity index (χ0) is 17.9. The highest BCUT2D eigenvalue weighted by Crippen LogP contribution is 2.34. The van der Waals surface area contributed by atoms with Crippen molar-refractivity contribution in [2.75, 3.05) is 25.0 Å². The molecule has 1 aliphatic heterocycles. The minimum Gasteiger partial charge on any atom is -0.479 e. The number of fused-ring (bicyclic) bond motifs is 1. The van der Waals surface area contributed by atoms with Crippen LogP contribution in [0.5, 0.6) is 5.75 Å². The lowest BCUT2D eigenvalue weighted by molar-refractivity contribution is -0.132. The average Bonchev–Trinajstić information content (AvgIpc) is 2.55. The summed E-state index contributed by atoms with van der Waals surface area (Å²) in [5.74, 6) is -1.26. The molecule has 7 heteroatoms. The van der Waals surface area contributed by atoms with Gasteiger partial charge >= 0.3 is 5.97 Å². The number of hydrogen-bond donors (Lipinski definition) is 1. The van der Waals surface area contributed by atoms with Crippen LogP contribution in [0.3, 0.4) is 0 Å². The van der Waals surface area contributed by atoms with Crippen molar-refractivity contribution in [1.29, 1.82) is 0 Å². The van der Waals surface area contributed by atoms with E-state index in [4.69, 9.17) is 9.84 Å². The molecule has 24 heavy (non-hydrogen) atoms. The smallest absolute Gasteiger partial charge is 0.335 e. The molecule has 0 aliphatic carbocycles. The molecule has 0 aromatic heterocycles. The van der Waals surface area contributed by atoms with Crippen LogP contribution in [-0.4, -0.2) is 54.0 Å². The molecular weight excluding hydrogens is 312 g/mol. The van der Waals surface area contributed by atoms with Gasteiger partial charge in [-0.05, 0) is 31.5 Å². The third-order valence-corrected chi connectivity index (χ3v) is 3.98. The number of carboxylic acid groups (broad SMARTS) is 1. The summed E-state index contributed by atoms with van der Waals surface area (Å²) in [6, 6.07) is 4.27. The van der Waals surface area contributed by atoms with E-state index in [1.165, 1.54) is 23.1 Å². The number of amides is 2. The molecule has 0 bridgehead atoms. The Morgan fingerprint density at radius 3 is 2.71 bits per heavy atom. The van der Waals surface area contributed by atoms with Crippen LogP contribution in [0, 0.1) is 0 Å². The summed E-state index contributed by atoms with van der Waals surface area (Å²) in [5.41, 5.74) is 0.488. The van der Waals surface area contributed by atoms with E-state index in [0.29, 0.717) is 18.0 Å². The summed E-state index contributed by atoms with van der Waals surface area (Å²) in [6.45, 7) is 4.17. The minimum atomic E-state index is -1.08. The summed E-state index contributed by atoms with van der Waals surface area (Å²) in [4.78, 5) is 38.8. The molecule has 0 fully saturated rings. The molecule has 2 rings (SSSR count). The molecule has 1 unspecified atom stereocenters. The minimum absolute atomic E-state index is 0.0710. The first-order valence-corrected chi connectivity index (χ1v) is 7.94. The summed E-state index contributed by atoms with van der Waals surface area (Å²) in [5, 5.41) is 9.07. The number of nitrogens with zero attached hydrogens (tertiary/aromatic N) is 2. The van der Waals surface area contributed by atoms with Gasteiger partial charge < -0.3 is 14.7 Å². The molecule has 7 nitrogen and oxygen atoms in total. The van der Waals surface area contributed by atoms with Gasteiger partial charge in [-0.1, -0.05) is 13.3 Å². The van der Waals surface area contributed by atoms with Gasteiger partial charge in [0.05, 0.1) is 11.3 Å². The number of carbonyl (C=O) groups excluding carboxylic acids is 2. The van der Waals surface area contributed by atoms with E-state index < -0.39 is 12.1 Å². The van der Waals surface area contributed by atoms with Crippen molar-refractivity contribution in [2.24, 2.45) is 0 Å². The Kier molecular flexibility index (Phi) is 5.43. The van der Waals surface area contributed by atoms with Gasteiger partial charge in [-0.3, -0.25) is 14.5 Å². The van der Waals surface area contributed by atoms with Crippen LogP contribution in [0.4, 0.5) is 5.69 Å². The monoisotopic (exact) mass is 334 g/mol. The fourth-order valence-electron chi connectivity index (χ4n) is 2.48. The maximum absolute atomic E-state index is 12.4. The van der Waals surface area contributed by atoms with Crippen LogP contribution in [-0.2, 0) is 9.59 Å². The molecule has 0 spiro atoms.